The van der Waals surface area contributed by atoms with Gasteiger partial charge in [0.15, 0.2) is 16.6 Å². The molecule has 0 saturated heterocycles. The second-order valence-electron chi connectivity index (χ2n) is 5.27. The fourth-order valence-electron chi connectivity index (χ4n) is 2.20. The van der Waals surface area contributed by atoms with Crippen LogP contribution in [0.15, 0.2) is 48.5 Å². The molecular weight excluding hydrogens is 350 g/mol. The molecule has 0 atom stereocenters. The Morgan fingerprint density at radius 1 is 0.962 bits per heavy atom. The van der Waals surface area contributed by atoms with Crippen LogP contribution in [0.25, 0.3) is 0 Å². The number of ether oxygens (including phenoxy) is 2. The summed E-state index contributed by atoms with van der Waals surface area (Å²) in [6, 6.07) is 14.9. The van der Waals surface area contributed by atoms with Gasteiger partial charge in [-0.05, 0) is 49.8 Å². The molecule has 2 rings (SSSR count). The van der Waals surface area contributed by atoms with E-state index < -0.39 is 0 Å². The van der Waals surface area contributed by atoms with Gasteiger partial charge in [0, 0.05) is 12.1 Å². The first-order chi connectivity index (χ1) is 12.6. The van der Waals surface area contributed by atoms with E-state index in [0.29, 0.717) is 41.9 Å². The fraction of sp³-hybridized carbons (Fsp3) is 0.263. The number of hydrogen-bond donors (Lipinski definition) is 3. The summed E-state index contributed by atoms with van der Waals surface area (Å²) in [6.45, 7) is 5.34. The monoisotopic (exact) mass is 373 g/mol. The number of rotatable bonds is 7. The van der Waals surface area contributed by atoms with Gasteiger partial charge in [0.2, 0.25) is 0 Å². The lowest BCUT2D eigenvalue weighted by atomic mass is 10.2. The van der Waals surface area contributed by atoms with Gasteiger partial charge >= 0.3 is 0 Å². The zero-order valence-corrected chi connectivity index (χ0v) is 15.7. The topological polar surface area (TPSA) is 71.6 Å². The summed E-state index contributed by atoms with van der Waals surface area (Å²) in [7, 11) is 0. The van der Waals surface area contributed by atoms with Crippen molar-refractivity contribution in [1.82, 2.24) is 16.2 Å². The molecule has 3 N–H and O–H groups in total. The SMILES string of the molecule is CCOc1ccc(C(=O)NNC(=S)NCc2ccccc2)cc1OCC. The number of thiocarbonyl (C=S) groups is 1. The molecule has 0 unspecified atom stereocenters. The first-order valence-electron chi connectivity index (χ1n) is 8.41. The van der Waals surface area contributed by atoms with E-state index in [1.165, 1.54) is 0 Å². The molecule has 0 radical (unpaired) electrons. The number of carbonyl (C=O) groups is 1. The Hall–Kier alpha value is -2.80. The highest BCUT2D eigenvalue weighted by atomic mass is 32.1. The molecule has 0 heterocycles. The van der Waals surface area contributed by atoms with Crippen LogP contribution < -0.4 is 25.6 Å². The van der Waals surface area contributed by atoms with Gasteiger partial charge in [0.25, 0.3) is 5.91 Å². The standard InChI is InChI=1S/C19H23N3O3S/c1-3-24-16-11-10-15(12-17(16)25-4-2)18(23)21-22-19(26)20-13-14-8-6-5-7-9-14/h5-12H,3-4,13H2,1-2H3,(H,21,23)(H2,20,22,26). The Morgan fingerprint density at radius 3 is 2.35 bits per heavy atom. The Balaban J connectivity index is 1.88. The molecular formula is C19H23N3O3S. The minimum Gasteiger partial charge on any atom is -0.490 e. The maximum atomic E-state index is 12.3. The Morgan fingerprint density at radius 2 is 1.65 bits per heavy atom. The largest absolute Gasteiger partial charge is 0.490 e. The Kier molecular flexibility index (Phi) is 7.70. The highest BCUT2D eigenvalue weighted by Crippen LogP contribution is 2.28. The molecule has 0 aliphatic heterocycles. The zero-order chi connectivity index (χ0) is 18.8. The van der Waals surface area contributed by atoms with Crippen LogP contribution in [0.1, 0.15) is 29.8 Å². The summed E-state index contributed by atoms with van der Waals surface area (Å²) >= 11 is 5.16. The molecule has 0 aromatic heterocycles. The molecule has 138 valence electrons. The Labute approximate surface area is 158 Å². The van der Waals surface area contributed by atoms with Crippen LogP contribution in [0.3, 0.4) is 0 Å². The average molecular weight is 373 g/mol. The number of hydrazine groups is 1. The number of nitrogens with one attached hydrogen (secondary N) is 3. The second kappa shape index (κ2) is 10.2. The Bertz CT molecular complexity index is 738. The van der Waals surface area contributed by atoms with Crippen molar-refractivity contribution in [2.75, 3.05) is 13.2 Å². The first kappa shape index (κ1) is 19.5. The van der Waals surface area contributed by atoms with Gasteiger partial charge in [-0.2, -0.15) is 0 Å². The predicted octanol–water partition coefficient (Wildman–Crippen LogP) is 2.79. The molecule has 0 saturated carbocycles. The summed E-state index contributed by atoms with van der Waals surface area (Å²) in [6.07, 6.45) is 0. The number of amides is 1. The number of benzene rings is 2. The summed E-state index contributed by atoms with van der Waals surface area (Å²) in [5.74, 6) is 0.823. The van der Waals surface area contributed by atoms with E-state index in [0.717, 1.165) is 5.56 Å². The lowest BCUT2D eigenvalue weighted by Crippen LogP contribution is -2.46. The van der Waals surface area contributed by atoms with Crippen molar-refractivity contribution in [1.29, 1.82) is 0 Å². The van der Waals surface area contributed by atoms with E-state index >= 15 is 0 Å². The van der Waals surface area contributed by atoms with Gasteiger partial charge in [-0.3, -0.25) is 15.6 Å². The molecule has 1 amide bonds. The van der Waals surface area contributed by atoms with Crippen molar-refractivity contribution in [2.24, 2.45) is 0 Å². The summed E-state index contributed by atoms with van der Waals surface area (Å²) < 4.78 is 11.0. The second-order valence-corrected chi connectivity index (χ2v) is 5.68. The van der Waals surface area contributed by atoms with E-state index in [4.69, 9.17) is 21.7 Å². The van der Waals surface area contributed by atoms with Crippen LogP contribution in [0.4, 0.5) is 0 Å². The highest BCUT2D eigenvalue weighted by Gasteiger charge is 2.11. The van der Waals surface area contributed by atoms with E-state index in [1.807, 2.05) is 44.2 Å². The molecule has 7 heteroatoms. The van der Waals surface area contributed by atoms with Crippen molar-refractivity contribution in [3.8, 4) is 11.5 Å². The summed E-state index contributed by atoms with van der Waals surface area (Å²) in [5, 5.41) is 3.36. The molecule has 2 aromatic rings. The predicted molar refractivity (Wildman–Crippen MR) is 105 cm³/mol. The first-order valence-corrected chi connectivity index (χ1v) is 8.82. The van der Waals surface area contributed by atoms with Gasteiger partial charge in [-0.1, -0.05) is 30.3 Å². The number of hydrogen-bond acceptors (Lipinski definition) is 4. The summed E-state index contributed by atoms with van der Waals surface area (Å²) in [4.78, 5) is 12.3. The molecule has 6 nitrogen and oxygen atoms in total. The van der Waals surface area contributed by atoms with E-state index in [-0.39, 0.29) is 5.91 Å². The van der Waals surface area contributed by atoms with Crippen molar-refractivity contribution < 1.29 is 14.3 Å². The van der Waals surface area contributed by atoms with Gasteiger partial charge in [-0.25, -0.2) is 0 Å². The average Bonchev–Trinajstić information content (AvgIpc) is 2.67. The third-order valence-corrected chi connectivity index (χ3v) is 3.64. The third kappa shape index (κ3) is 5.93. The summed E-state index contributed by atoms with van der Waals surface area (Å²) in [5.41, 5.74) is 6.79. The lowest BCUT2D eigenvalue weighted by Gasteiger charge is -2.14. The lowest BCUT2D eigenvalue weighted by molar-refractivity contribution is 0.0943. The van der Waals surface area contributed by atoms with Crippen LogP contribution in [-0.2, 0) is 6.54 Å². The zero-order valence-electron chi connectivity index (χ0n) is 14.9. The molecule has 0 aliphatic rings. The molecule has 26 heavy (non-hydrogen) atoms. The minimum atomic E-state index is -0.321. The molecule has 0 aliphatic carbocycles. The van der Waals surface area contributed by atoms with E-state index in [1.54, 1.807) is 18.2 Å². The minimum absolute atomic E-state index is 0.321. The third-order valence-electron chi connectivity index (χ3n) is 3.39. The maximum Gasteiger partial charge on any atom is 0.269 e. The molecule has 0 spiro atoms. The van der Waals surface area contributed by atoms with Crippen LogP contribution in [0, 0.1) is 0 Å². The fourth-order valence-corrected chi connectivity index (χ4v) is 2.32. The van der Waals surface area contributed by atoms with Crippen LogP contribution >= 0.6 is 12.2 Å². The van der Waals surface area contributed by atoms with Gasteiger partial charge in [0.1, 0.15) is 0 Å². The van der Waals surface area contributed by atoms with Crippen LogP contribution in [-0.4, -0.2) is 24.2 Å². The molecule has 0 bridgehead atoms. The van der Waals surface area contributed by atoms with Crippen molar-refractivity contribution in [2.45, 2.75) is 20.4 Å². The van der Waals surface area contributed by atoms with E-state index in [2.05, 4.69) is 16.2 Å². The van der Waals surface area contributed by atoms with Crippen molar-refractivity contribution in [3.05, 3.63) is 59.7 Å². The van der Waals surface area contributed by atoms with Gasteiger partial charge in [0.05, 0.1) is 13.2 Å². The number of carbonyl (C=O) groups excluding carboxylic acids is 1. The van der Waals surface area contributed by atoms with Gasteiger partial charge < -0.3 is 14.8 Å². The van der Waals surface area contributed by atoms with Crippen molar-refractivity contribution >= 4 is 23.2 Å². The quantitative estimate of drug-likeness (QED) is 0.512. The van der Waals surface area contributed by atoms with Crippen LogP contribution in [0.5, 0.6) is 11.5 Å². The smallest absolute Gasteiger partial charge is 0.269 e. The van der Waals surface area contributed by atoms with Crippen molar-refractivity contribution in [3.63, 3.8) is 0 Å². The maximum absolute atomic E-state index is 12.3. The van der Waals surface area contributed by atoms with E-state index in [9.17, 15) is 4.79 Å². The normalized spacial score (nSPS) is 9.92. The van der Waals surface area contributed by atoms with Crippen LogP contribution in [0.2, 0.25) is 0 Å². The van der Waals surface area contributed by atoms with Gasteiger partial charge in [-0.15, -0.1) is 0 Å². The molecule has 0 fully saturated rings. The molecule has 2 aromatic carbocycles. The highest BCUT2D eigenvalue weighted by molar-refractivity contribution is 7.80.